The van der Waals surface area contributed by atoms with Crippen molar-refractivity contribution in [1.82, 2.24) is 15.1 Å². The molecule has 1 aliphatic heterocycles. The Bertz CT molecular complexity index is 589. The SMILES string of the molecule is COCCCOc1ccccc1NC(=O)NCC(C(C)C)N1CCN(C)CC1. The van der Waals surface area contributed by atoms with Gasteiger partial charge in [-0.25, -0.2) is 4.79 Å². The first-order chi connectivity index (χ1) is 13.5. The summed E-state index contributed by atoms with van der Waals surface area (Å²) in [5.74, 6) is 1.15. The Morgan fingerprint density at radius 3 is 2.54 bits per heavy atom. The van der Waals surface area contributed by atoms with Crippen LogP contribution in [0, 0.1) is 5.92 Å². The topological polar surface area (TPSA) is 66.1 Å². The molecule has 7 heteroatoms. The number of amides is 2. The number of benzene rings is 1. The van der Waals surface area contributed by atoms with Gasteiger partial charge < -0.3 is 25.0 Å². The van der Waals surface area contributed by atoms with Gasteiger partial charge in [-0.1, -0.05) is 26.0 Å². The zero-order valence-electron chi connectivity index (χ0n) is 17.7. The van der Waals surface area contributed by atoms with Crippen LogP contribution in [0.25, 0.3) is 0 Å². The maximum Gasteiger partial charge on any atom is 0.319 e. The average Bonchev–Trinajstić information content (AvgIpc) is 2.67. The van der Waals surface area contributed by atoms with Gasteiger partial charge in [-0.05, 0) is 25.1 Å². The lowest BCUT2D eigenvalue weighted by molar-refractivity contribution is 0.0890. The number of anilines is 1. The molecule has 2 N–H and O–H groups in total. The Labute approximate surface area is 169 Å². The van der Waals surface area contributed by atoms with Crippen molar-refractivity contribution in [1.29, 1.82) is 0 Å². The maximum atomic E-state index is 12.5. The summed E-state index contributed by atoms with van der Waals surface area (Å²) in [6, 6.07) is 7.64. The van der Waals surface area contributed by atoms with Crippen LogP contribution in [-0.4, -0.2) is 82.0 Å². The Morgan fingerprint density at radius 1 is 1.14 bits per heavy atom. The predicted molar refractivity (Wildman–Crippen MR) is 113 cm³/mol. The minimum atomic E-state index is -0.201. The number of likely N-dealkylation sites (N-methyl/N-ethyl adjacent to an activating group) is 1. The number of rotatable bonds is 10. The largest absolute Gasteiger partial charge is 0.491 e. The van der Waals surface area contributed by atoms with Crippen LogP contribution in [0.4, 0.5) is 10.5 Å². The Morgan fingerprint density at radius 2 is 1.86 bits per heavy atom. The third-order valence-electron chi connectivity index (χ3n) is 5.13. The third-order valence-corrected chi connectivity index (χ3v) is 5.13. The summed E-state index contributed by atoms with van der Waals surface area (Å²) in [7, 11) is 3.83. The van der Waals surface area contributed by atoms with E-state index in [-0.39, 0.29) is 6.03 Å². The van der Waals surface area contributed by atoms with E-state index in [1.54, 1.807) is 7.11 Å². The van der Waals surface area contributed by atoms with E-state index >= 15 is 0 Å². The molecule has 0 saturated carbocycles. The lowest BCUT2D eigenvalue weighted by Gasteiger charge is -2.39. The molecule has 28 heavy (non-hydrogen) atoms. The van der Waals surface area contributed by atoms with E-state index in [1.165, 1.54) is 0 Å². The highest BCUT2D eigenvalue weighted by molar-refractivity contribution is 5.90. The molecule has 0 aromatic heterocycles. The van der Waals surface area contributed by atoms with Gasteiger partial charge in [0.25, 0.3) is 0 Å². The van der Waals surface area contributed by atoms with Crippen molar-refractivity contribution in [3.05, 3.63) is 24.3 Å². The van der Waals surface area contributed by atoms with Crippen molar-refractivity contribution < 1.29 is 14.3 Å². The molecule has 1 aromatic carbocycles. The van der Waals surface area contributed by atoms with Crippen LogP contribution in [0.5, 0.6) is 5.75 Å². The van der Waals surface area contributed by atoms with Crippen molar-refractivity contribution >= 4 is 11.7 Å². The van der Waals surface area contributed by atoms with E-state index < -0.39 is 0 Å². The van der Waals surface area contributed by atoms with E-state index in [0.29, 0.717) is 43.2 Å². The zero-order chi connectivity index (χ0) is 20.4. The summed E-state index contributed by atoms with van der Waals surface area (Å²) in [5.41, 5.74) is 0.679. The predicted octanol–water partition coefficient (Wildman–Crippen LogP) is 2.50. The summed E-state index contributed by atoms with van der Waals surface area (Å²) >= 11 is 0. The van der Waals surface area contributed by atoms with Crippen molar-refractivity contribution in [2.45, 2.75) is 26.3 Å². The molecule has 1 atom stereocenters. The lowest BCUT2D eigenvalue weighted by atomic mass is 10.0. The van der Waals surface area contributed by atoms with Gasteiger partial charge in [0.1, 0.15) is 5.75 Å². The molecular weight excluding hydrogens is 356 g/mol. The Kier molecular flexibility index (Phi) is 9.54. The van der Waals surface area contributed by atoms with Crippen molar-refractivity contribution in [2.24, 2.45) is 5.92 Å². The van der Waals surface area contributed by atoms with Gasteiger partial charge in [0.05, 0.1) is 12.3 Å². The molecule has 1 aromatic rings. The summed E-state index contributed by atoms with van der Waals surface area (Å²) in [6.07, 6.45) is 0.804. The number of carbonyl (C=O) groups is 1. The van der Waals surface area contributed by atoms with Gasteiger partial charge in [0.15, 0.2) is 0 Å². The molecule has 1 fully saturated rings. The van der Waals surface area contributed by atoms with Gasteiger partial charge >= 0.3 is 6.03 Å². The fourth-order valence-electron chi connectivity index (χ4n) is 3.38. The quantitative estimate of drug-likeness (QED) is 0.599. The molecule has 0 radical (unpaired) electrons. The number of carbonyl (C=O) groups excluding carboxylic acids is 1. The Hall–Kier alpha value is -1.83. The minimum absolute atomic E-state index is 0.201. The zero-order valence-corrected chi connectivity index (χ0v) is 17.7. The maximum absolute atomic E-state index is 12.5. The second-order valence-electron chi connectivity index (χ2n) is 7.68. The highest BCUT2D eigenvalue weighted by Crippen LogP contribution is 2.23. The normalized spacial score (nSPS) is 16.8. The number of hydrogen-bond donors (Lipinski definition) is 2. The van der Waals surface area contributed by atoms with Crippen LogP contribution in [0.3, 0.4) is 0 Å². The summed E-state index contributed by atoms with van der Waals surface area (Å²) in [5, 5.41) is 5.97. The number of piperazine rings is 1. The Balaban J connectivity index is 1.85. The number of para-hydroxylation sites is 2. The molecule has 1 unspecified atom stereocenters. The second kappa shape index (κ2) is 11.9. The van der Waals surface area contributed by atoms with Gasteiger partial charge in [-0.2, -0.15) is 0 Å². The first-order valence-electron chi connectivity index (χ1n) is 10.2. The second-order valence-corrected chi connectivity index (χ2v) is 7.68. The van der Waals surface area contributed by atoms with E-state index in [9.17, 15) is 4.79 Å². The fraction of sp³-hybridized carbons (Fsp3) is 0.667. The van der Waals surface area contributed by atoms with Gasteiger partial charge in [0.2, 0.25) is 0 Å². The van der Waals surface area contributed by atoms with E-state index in [2.05, 4.69) is 41.3 Å². The molecule has 1 aliphatic rings. The number of hydrogen-bond acceptors (Lipinski definition) is 5. The molecular formula is C21H36N4O3. The number of nitrogens with zero attached hydrogens (tertiary/aromatic N) is 2. The first-order valence-corrected chi connectivity index (χ1v) is 10.2. The molecule has 1 saturated heterocycles. The minimum Gasteiger partial charge on any atom is -0.491 e. The smallest absolute Gasteiger partial charge is 0.319 e. The highest BCUT2D eigenvalue weighted by Gasteiger charge is 2.25. The van der Waals surface area contributed by atoms with Gasteiger partial charge in [0, 0.05) is 58.9 Å². The van der Waals surface area contributed by atoms with Gasteiger partial charge in [-0.3, -0.25) is 4.90 Å². The number of ether oxygens (including phenoxy) is 2. The molecule has 7 nitrogen and oxygen atoms in total. The van der Waals surface area contributed by atoms with Crippen molar-refractivity contribution in [3.8, 4) is 5.75 Å². The van der Waals surface area contributed by atoms with E-state index in [4.69, 9.17) is 9.47 Å². The van der Waals surface area contributed by atoms with E-state index in [0.717, 1.165) is 32.6 Å². The molecule has 0 aliphatic carbocycles. The summed E-state index contributed by atoms with van der Waals surface area (Å²) in [4.78, 5) is 17.3. The van der Waals surface area contributed by atoms with Crippen LogP contribution in [0.15, 0.2) is 24.3 Å². The van der Waals surface area contributed by atoms with Crippen LogP contribution >= 0.6 is 0 Å². The monoisotopic (exact) mass is 392 g/mol. The number of methoxy groups -OCH3 is 1. The molecule has 1 heterocycles. The molecule has 0 bridgehead atoms. The highest BCUT2D eigenvalue weighted by atomic mass is 16.5. The molecule has 2 rings (SSSR count). The molecule has 2 amide bonds. The van der Waals surface area contributed by atoms with Crippen LogP contribution in [0.1, 0.15) is 20.3 Å². The van der Waals surface area contributed by atoms with E-state index in [1.807, 2.05) is 24.3 Å². The third kappa shape index (κ3) is 7.30. The van der Waals surface area contributed by atoms with Crippen LogP contribution in [-0.2, 0) is 4.74 Å². The average molecular weight is 393 g/mol. The molecule has 0 spiro atoms. The van der Waals surface area contributed by atoms with Crippen molar-refractivity contribution in [2.75, 3.05) is 65.4 Å². The summed E-state index contributed by atoms with van der Waals surface area (Å²) in [6.45, 7) is 10.5. The molecule has 158 valence electrons. The first kappa shape index (κ1) is 22.5. The number of urea groups is 1. The number of nitrogens with one attached hydrogen (secondary N) is 2. The fourth-order valence-corrected chi connectivity index (χ4v) is 3.38. The van der Waals surface area contributed by atoms with Crippen molar-refractivity contribution in [3.63, 3.8) is 0 Å². The standard InChI is InChI=1S/C21H36N4O3/c1-17(2)19(25-12-10-24(3)11-13-25)16-22-21(26)23-18-8-5-6-9-20(18)28-15-7-14-27-4/h5-6,8-9,17,19H,7,10-16H2,1-4H3,(H2,22,23,26). The van der Waals surface area contributed by atoms with Gasteiger partial charge in [-0.15, -0.1) is 0 Å². The van der Waals surface area contributed by atoms with Crippen LogP contribution in [0.2, 0.25) is 0 Å². The summed E-state index contributed by atoms with van der Waals surface area (Å²) < 4.78 is 10.8. The van der Waals surface area contributed by atoms with Crippen LogP contribution < -0.4 is 15.4 Å². The lowest BCUT2D eigenvalue weighted by Crippen LogP contribution is -2.54.